The number of aromatic hydroxyl groups is 1. The zero-order valence-electron chi connectivity index (χ0n) is 16.0. The van der Waals surface area contributed by atoms with Crippen molar-refractivity contribution in [2.45, 2.75) is 11.8 Å². The van der Waals surface area contributed by atoms with Gasteiger partial charge in [-0.3, -0.25) is 9.36 Å². The van der Waals surface area contributed by atoms with Crippen molar-refractivity contribution in [3.05, 3.63) is 76.1 Å². The van der Waals surface area contributed by atoms with Gasteiger partial charge in [0.1, 0.15) is 22.3 Å². The molecule has 0 fully saturated rings. The molecule has 1 aromatic heterocycles. The first-order chi connectivity index (χ1) is 14.2. The molecule has 10 heteroatoms. The number of nitrogens with zero attached hydrogens (tertiary/aromatic N) is 4. The number of rotatable bonds is 5. The van der Waals surface area contributed by atoms with E-state index in [4.69, 9.17) is 4.18 Å². The van der Waals surface area contributed by atoms with Gasteiger partial charge in [-0.05, 0) is 31.2 Å². The van der Waals surface area contributed by atoms with E-state index in [1.165, 1.54) is 44.3 Å². The van der Waals surface area contributed by atoms with Crippen LogP contribution in [-0.4, -0.2) is 18.1 Å². The summed E-state index contributed by atoms with van der Waals surface area (Å²) in [4.78, 5) is 12.0. The maximum Gasteiger partial charge on any atom is 0.339 e. The third-order valence-corrected chi connectivity index (χ3v) is 5.47. The number of benzene rings is 2. The Balaban J connectivity index is 1.94. The van der Waals surface area contributed by atoms with Crippen LogP contribution in [-0.2, 0) is 17.2 Å². The highest BCUT2D eigenvalue weighted by Crippen LogP contribution is 2.32. The van der Waals surface area contributed by atoms with Crippen molar-refractivity contribution in [3.8, 4) is 17.7 Å². The van der Waals surface area contributed by atoms with Crippen molar-refractivity contribution < 1.29 is 17.7 Å². The summed E-state index contributed by atoms with van der Waals surface area (Å²) in [6.45, 7) is 1.47. The topological polar surface area (TPSA) is 134 Å². The van der Waals surface area contributed by atoms with Crippen LogP contribution in [0.3, 0.4) is 0 Å². The van der Waals surface area contributed by atoms with E-state index < -0.39 is 21.6 Å². The Hall–Kier alpha value is -3.97. The molecule has 0 aliphatic heterocycles. The normalized spacial score (nSPS) is 11.4. The second-order valence-corrected chi connectivity index (χ2v) is 7.74. The van der Waals surface area contributed by atoms with Gasteiger partial charge in [-0.25, -0.2) is 0 Å². The molecule has 0 aliphatic carbocycles. The molecular weight excluding hydrogens is 408 g/mol. The van der Waals surface area contributed by atoms with Crippen molar-refractivity contribution in [1.82, 2.24) is 4.57 Å². The van der Waals surface area contributed by atoms with Crippen molar-refractivity contribution in [2.24, 2.45) is 17.3 Å². The molecule has 2 aromatic carbocycles. The highest BCUT2D eigenvalue weighted by atomic mass is 32.2. The lowest BCUT2D eigenvalue weighted by Crippen LogP contribution is -2.20. The van der Waals surface area contributed by atoms with Gasteiger partial charge in [0.15, 0.2) is 5.69 Å². The highest BCUT2D eigenvalue weighted by molar-refractivity contribution is 7.87. The summed E-state index contributed by atoms with van der Waals surface area (Å²) in [5.41, 5.74) is -0.428. The van der Waals surface area contributed by atoms with Crippen LogP contribution in [0.25, 0.3) is 0 Å². The first-order valence-electron chi connectivity index (χ1n) is 8.58. The number of pyridine rings is 1. The molecule has 0 amide bonds. The fourth-order valence-corrected chi connectivity index (χ4v) is 3.53. The molecule has 1 heterocycles. The molecule has 0 bridgehead atoms. The van der Waals surface area contributed by atoms with Gasteiger partial charge in [-0.1, -0.05) is 24.3 Å². The fourth-order valence-electron chi connectivity index (χ4n) is 2.59. The zero-order valence-corrected chi connectivity index (χ0v) is 16.8. The van der Waals surface area contributed by atoms with Crippen LogP contribution < -0.4 is 9.74 Å². The van der Waals surface area contributed by atoms with Gasteiger partial charge in [0.2, 0.25) is 5.88 Å². The van der Waals surface area contributed by atoms with Gasteiger partial charge < -0.3 is 9.29 Å². The third kappa shape index (κ3) is 4.06. The van der Waals surface area contributed by atoms with E-state index in [9.17, 15) is 23.6 Å². The molecule has 0 spiro atoms. The molecule has 0 unspecified atom stereocenters. The summed E-state index contributed by atoms with van der Waals surface area (Å²) in [7, 11) is -2.71. The molecule has 1 N–H and O–H groups in total. The van der Waals surface area contributed by atoms with E-state index in [0.717, 1.165) is 4.57 Å². The molecule has 0 saturated heterocycles. The Labute approximate surface area is 172 Å². The molecule has 152 valence electrons. The minimum Gasteiger partial charge on any atom is -0.493 e. The number of hydrogen-bond acceptors (Lipinski definition) is 8. The number of azo groups is 1. The lowest BCUT2D eigenvalue weighted by Gasteiger charge is -2.09. The average Bonchev–Trinajstić information content (AvgIpc) is 2.73. The second-order valence-electron chi connectivity index (χ2n) is 6.20. The molecule has 0 aliphatic rings. The summed E-state index contributed by atoms with van der Waals surface area (Å²) in [5, 5.41) is 27.3. The smallest absolute Gasteiger partial charge is 0.339 e. The molecule has 0 atom stereocenters. The maximum absolute atomic E-state index is 12.3. The first kappa shape index (κ1) is 20.8. The van der Waals surface area contributed by atoms with Crippen molar-refractivity contribution in [1.29, 1.82) is 5.26 Å². The van der Waals surface area contributed by atoms with E-state index in [0.29, 0.717) is 0 Å². The number of hydrogen-bond donors (Lipinski definition) is 1. The van der Waals surface area contributed by atoms with Gasteiger partial charge in [0.05, 0.1) is 5.69 Å². The Morgan fingerprint density at radius 3 is 2.47 bits per heavy atom. The van der Waals surface area contributed by atoms with Crippen LogP contribution in [0.1, 0.15) is 11.1 Å². The Morgan fingerprint density at radius 1 is 1.10 bits per heavy atom. The molecule has 9 nitrogen and oxygen atoms in total. The maximum atomic E-state index is 12.3. The number of aromatic nitrogens is 1. The monoisotopic (exact) mass is 424 g/mol. The standard InChI is InChI=1S/C20H16N4O5S/c1-13-17(12-21)19(25)24(2)20(26)18(13)23-22-14-7-6-8-15(11-14)29-30(27,28)16-9-4-3-5-10-16/h3-11,26H,1-2H3. The van der Waals surface area contributed by atoms with Crippen LogP contribution in [0.15, 0.2) is 74.5 Å². The highest BCUT2D eigenvalue weighted by Gasteiger charge is 2.18. The van der Waals surface area contributed by atoms with Gasteiger partial charge >= 0.3 is 10.1 Å². The van der Waals surface area contributed by atoms with Crippen LogP contribution in [0.2, 0.25) is 0 Å². The number of nitriles is 1. The summed E-state index contributed by atoms with van der Waals surface area (Å²) in [6.07, 6.45) is 0. The van der Waals surface area contributed by atoms with Crippen molar-refractivity contribution >= 4 is 21.5 Å². The predicted octanol–water partition coefficient (Wildman–Crippen LogP) is 3.45. The Morgan fingerprint density at radius 2 is 1.80 bits per heavy atom. The minimum absolute atomic E-state index is 0.00631. The molecule has 0 radical (unpaired) electrons. The molecule has 30 heavy (non-hydrogen) atoms. The quantitative estimate of drug-likeness (QED) is 0.492. The predicted molar refractivity (Wildman–Crippen MR) is 108 cm³/mol. The summed E-state index contributed by atoms with van der Waals surface area (Å²) < 4.78 is 30.7. The fraction of sp³-hybridized carbons (Fsp3) is 0.100. The lowest BCUT2D eigenvalue weighted by atomic mass is 10.1. The van der Waals surface area contributed by atoms with E-state index >= 15 is 0 Å². The largest absolute Gasteiger partial charge is 0.493 e. The molecule has 3 aromatic rings. The van der Waals surface area contributed by atoms with Gasteiger partial charge in [0.25, 0.3) is 5.56 Å². The van der Waals surface area contributed by atoms with Gasteiger partial charge in [0, 0.05) is 18.7 Å². The Kier molecular flexibility index (Phi) is 5.66. The first-order valence-corrected chi connectivity index (χ1v) is 9.99. The van der Waals surface area contributed by atoms with Gasteiger partial charge in [-0.2, -0.15) is 18.8 Å². The summed E-state index contributed by atoms with van der Waals surface area (Å²) in [5.74, 6) is -0.422. The SMILES string of the molecule is Cc1c(N=Nc2cccc(OS(=O)(=O)c3ccccc3)c2)c(O)n(C)c(=O)c1C#N. The third-order valence-electron chi connectivity index (χ3n) is 4.21. The lowest BCUT2D eigenvalue weighted by molar-refractivity contribution is 0.424. The van der Waals surface area contributed by atoms with Crippen LogP contribution in [0, 0.1) is 18.3 Å². The van der Waals surface area contributed by atoms with E-state index in [2.05, 4.69) is 10.2 Å². The zero-order chi connectivity index (χ0) is 21.9. The summed E-state index contributed by atoms with van der Waals surface area (Å²) >= 11 is 0. The average molecular weight is 424 g/mol. The van der Waals surface area contributed by atoms with E-state index in [1.807, 2.05) is 0 Å². The van der Waals surface area contributed by atoms with Crippen LogP contribution in [0.4, 0.5) is 11.4 Å². The van der Waals surface area contributed by atoms with E-state index in [-0.39, 0.29) is 33.1 Å². The molecule has 0 saturated carbocycles. The Bertz CT molecular complexity index is 1340. The van der Waals surface area contributed by atoms with Crippen molar-refractivity contribution in [2.75, 3.05) is 0 Å². The van der Waals surface area contributed by atoms with Gasteiger partial charge in [-0.15, -0.1) is 5.11 Å². The van der Waals surface area contributed by atoms with Crippen molar-refractivity contribution in [3.63, 3.8) is 0 Å². The van der Waals surface area contributed by atoms with Crippen LogP contribution >= 0.6 is 0 Å². The minimum atomic E-state index is -4.02. The van der Waals surface area contributed by atoms with Crippen LogP contribution in [0.5, 0.6) is 11.6 Å². The second kappa shape index (κ2) is 8.18. The van der Waals surface area contributed by atoms with E-state index in [1.54, 1.807) is 30.3 Å². The molecule has 3 rings (SSSR count). The molecular formula is C20H16N4O5S. The summed E-state index contributed by atoms with van der Waals surface area (Å²) in [6, 6.07) is 15.3.